The maximum Gasteiger partial charge on any atom is 0.0672 e. The van der Waals surface area contributed by atoms with Crippen LogP contribution < -0.4 is 5.32 Å². The minimum atomic E-state index is 0.915. The molecule has 0 unspecified atom stereocenters. The van der Waals surface area contributed by atoms with Crippen LogP contribution in [0, 0.1) is 6.92 Å². The Kier molecular flexibility index (Phi) is 4.15. The number of hydrogen-bond donors (Lipinski definition) is 1. The molecule has 0 radical (unpaired) electrons. The fourth-order valence-electron chi connectivity index (χ4n) is 2.08. The lowest BCUT2D eigenvalue weighted by Crippen LogP contribution is -2.11. The summed E-state index contributed by atoms with van der Waals surface area (Å²) < 4.78 is 1.99. The van der Waals surface area contributed by atoms with Gasteiger partial charge in [0.2, 0.25) is 0 Å². The Balaban J connectivity index is 2.29. The number of aromatic nitrogens is 2. The number of hydrogen-bond acceptors (Lipinski definition) is 2. The lowest BCUT2D eigenvalue weighted by Gasteiger charge is -2.05. The van der Waals surface area contributed by atoms with E-state index in [0.29, 0.717) is 0 Å². The van der Waals surface area contributed by atoms with Crippen molar-refractivity contribution >= 4 is 0 Å². The van der Waals surface area contributed by atoms with Gasteiger partial charge in [-0.3, -0.25) is 4.68 Å². The van der Waals surface area contributed by atoms with Crippen molar-refractivity contribution in [3.63, 3.8) is 0 Å². The number of rotatable bonds is 5. The van der Waals surface area contributed by atoms with Gasteiger partial charge in [0.15, 0.2) is 0 Å². The third-order valence-electron chi connectivity index (χ3n) is 3.09. The molecule has 18 heavy (non-hydrogen) atoms. The Hall–Kier alpha value is -1.61. The van der Waals surface area contributed by atoms with Crippen molar-refractivity contribution in [1.82, 2.24) is 15.1 Å². The van der Waals surface area contributed by atoms with Crippen LogP contribution >= 0.6 is 0 Å². The molecule has 96 valence electrons. The monoisotopic (exact) mass is 243 g/mol. The van der Waals surface area contributed by atoms with E-state index >= 15 is 0 Å². The van der Waals surface area contributed by atoms with Gasteiger partial charge in [0, 0.05) is 24.8 Å². The Morgan fingerprint density at radius 1 is 1.28 bits per heavy atom. The van der Waals surface area contributed by atoms with Crippen LogP contribution in [0.25, 0.3) is 11.1 Å². The molecule has 0 atom stereocenters. The molecule has 1 aromatic carbocycles. The SMILES string of the molecule is CCNCc1cccc(-c2cn(CC)nc2C)c1. The van der Waals surface area contributed by atoms with Crippen molar-refractivity contribution in [2.45, 2.75) is 33.9 Å². The fraction of sp³-hybridized carbons (Fsp3) is 0.400. The maximum absolute atomic E-state index is 4.50. The normalized spacial score (nSPS) is 10.8. The third kappa shape index (κ3) is 2.79. The van der Waals surface area contributed by atoms with Crippen molar-refractivity contribution in [3.8, 4) is 11.1 Å². The zero-order chi connectivity index (χ0) is 13.0. The predicted octanol–water partition coefficient (Wildman–Crippen LogP) is 2.99. The molecule has 0 aliphatic rings. The molecule has 1 aromatic heterocycles. The Labute approximate surface area is 109 Å². The Morgan fingerprint density at radius 3 is 2.78 bits per heavy atom. The lowest BCUT2D eigenvalue weighted by atomic mass is 10.0. The molecule has 0 bridgehead atoms. The van der Waals surface area contributed by atoms with Crippen LogP contribution in [0.15, 0.2) is 30.5 Å². The molecule has 3 heteroatoms. The van der Waals surface area contributed by atoms with Gasteiger partial charge in [-0.1, -0.05) is 25.1 Å². The van der Waals surface area contributed by atoms with Crippen molar-refractivity contribution in [3.05, 3.63) is 41.7 Å². The van der Waals surface area contributed by atoms with Crippen LogP contribution in [0.2, 0.25) is 0 Å². The van der Waals surface area contributed by atoms with Crippen molar-refractivity contribution in [2.75, 3.05) is 6.54 Å². The third-order valence-corrected chi connectivity index (χ3v) is 3.09. The Morgan fingerprint density at radius 2 is 2.11 bits per heavy atom. The predicted molar refractivity (Wildman–Crippen MR) is 75.5 cm³/mol. The van der Waals surface area contributed by atoms with E-state index in [0.717, 1.165) is 25.3 Å². The second-order valence-corrected chi connectivity index (χ2v) is 4.46. The van der Waals surface area contributed by atoms with Gasteiger partial charge in [-0.15, -0.1) is 0 Å². The van der Waals surface area contributed by atoms with E-state index in [1.165, 1.54) is 16.7 Å². The van der Waals surface area contributed by atoms with Gasteiger partial charge in [0.25, 0.3) is 0 Å². The molecule has 3 nitrogen and oxygen atoms in total. The molecular formula is C15H21N3. The largest absolute Gasteiger partial charge is 0.313 e. The van der Waals surface area contributed by atoms with Gasteiger partial charge < -0.3 is 5.32 Å². The minimum Gasteiger partial charge on any atom is -0.313 e. The summed E-state index contributed by atoms with van der Waals surface area (Å²) in [5.41, 5.74) is 4.90. The first-order valence-electron chi connectivity index (χ1n) is 6.58. The van der Waals surface area contributed by atoms with E-state index in [-0.39, 0.29) is 0 Å². The molecular weight excluding hydrogens is 222 g/mol. The van der Waals surface area contributed by atoms with E-state index in [4.69, 9.17) is 0 Å². The van der Waals surface area contributed by atoms with Crippen LogP contribution in [0.3, 0.4) is 0 Å². The molecule has 0 amide bonds. The van der Waals surface area contributed by atoms with Crippen LogP contribution in [0.1, 0.15) is 25.1 Å². The summed E-state index contributed by atoms with van der Waals surface area (Å²) in [6, 6.07) is 8.67. The second-order valence-electron chi connectivity index (χ2n) is 4.46. The summed E-state index contributed by atoms with van der Waals surface area (Å²) in [6.07, 6.45) is 2.13. The first-order chi connectivity index (χ1) is 8.74. The molecule has 0 aliphatic heterocycles. The first-order valence-corrected chi connectivity index (χ1v) is 6.58. The van der Waals surface area contributed by atoms with E-state index in [1.807, 2.05) is 4.68 Å². The highest BCUT2D eigenvalue weighted by atomic mass is 15.3. The van der Waals surface area contributed by atoms with Crippen LogP contribution in [-0.4, -0.2) is 16.3 Å². The van der Waals surface area contributed by atoms with Crippen molar-refractivity contribution in [2.24, 2.45) is 0 Å². The average molecular weight is 243 g/mol. The summed E-state index contributed by atoms with van der Waals surface area (Å²) in [4.78, 5) is 0. The minimum absolute atomic E-state index is 0.915. The van der Waals surface area contributed by atoms with Gasteiger partial charge in [0.05, 0.1) is 5.69 Å². The zero-order valence-corrected chi connectivity index (χ0v) is 11.4. The lowest BCUT2D eigenvalue weighted by molar-refractivity contribution is 0.653. The van der Waals surface area contributed by atoms with Crippen molar-refractivity contribution in [1.29, 1.82) is 0 Å². The highest BCUT2D eigenvalue weighted by molar-refractivity contribution is 5.65. The van der Waals surface area contributed by atoms with E-state index in [1.54, 1.807) is 0 Å². The molecule has 0 saturated heterocycles. The molecule has 1 heterocycles. The second kappa shape index (κ2) is 5.83. The van der Waals surface area contributed by atoms with Crippen molar-refractivity contribution < 1.29 is 0 Å². The smallest absolute Gasteiger partial charge is 0.0672 e. The molecule has 2 aromatic rings. The molecule has 2 rings (SSSR count). The summed E-state index contributed by atoms with van der Waals surface area (Å²) in [7, 11) is 0. The summed E-state index contributed by atoms with van der Waals surface area (Å²) in [5, 5.41) is 7.85. The molecule has 0 spiro atoms. The molecule has 0 aliphatic carbocycles. The van der Waals surface area contributed by atoms with E-state index in [9.17, 15) is 0 Å². The highest BCUT2D eigenvalue weighted by Crippen LogP contribution is 2.23. The maximum atomic E-state index is 4.50. The summed E-state index contributed by atoms with van der Waals surface area (Å²) >= 11 is 0. The number of nitrogens with zero attached hydrogens (tertiary/aromatic N) is 2. The van der Waals surface area contributed by atoms with Gasteiger partial charge in [-0.05, 0) is 37.6 Å². The van der Waals surface area contributed by atoms with Crippen LogP contribution in [0.4, 0.5) is 0 Å². The first kappa shape index (κ1) is 12.8. The fourth-order valence-corrected chi connectivity index (χ4v) is 2.08. The standard InChI is InChI=1S/C15H21N3/c1-4-16-10-13-7-6-8-14(9-13)15-11-18(5-2)17-12(15)3/h6-9,11,16H,4-5,10H2,1-3H3. The highest BCUT2D eigenvalue weighted by Gasteiger charge is 2.07. The number of nitrogens with one attached hydrogen (secondary N) is 1. The number of aryl methyl sites for hydroxylation is 2. The zero-order valence-electron chi connectivity index (χ0n) is 11.4. The van der Waals surface area contributed by atoms with E-state index in [2.05, 4.69) is 61.6 Å². The Bertz CT molecular complexity index is 514. The van der Waals surface area contributed by atoms with E-state index < -0.39 is 0 Å². The topological polar surface area (TPSA) is 29.9 Å². The summed E-state index contributed by atoms with van der Waals surface area (Å²) in [6.45, 7) is 9.13. The van der Waals surface area contributed by atoms with Gasteiger partial charge in [-0.2, -0.15) is 5.10 Å². The molecule has 0 saturated carbocycles. The van der Waals surface area contributed by atoms with Gasteiger partial charge >= 0.3 is 0 Å². The summed E-state index contributed by atoms with van der Waals surface area (Å²) in [5.74, 6) is 0. The van der Waals surface area contributed by atoms with Gasteiger partial charge in [-0.25, -0.2) is 0 Å². The number of benzene rings is 1. The quantitative estimate of drug-likeness (QED) is 0.875. The average Bonchev–Trinajstić information content (AvgIpc) is 2.78. The molecule has 0 fully saturated rings. The van der Waals surface area contributed by atoms with Crippen LogP contribution in [0.5, 0.6) is 0 Å². The van der Waals surface area contributed by atoms with Gasteiger partial charge in [0.1, 0.15) is 0 Å². The molecule has 1 N–H and O–H groups in total. The van der Waals surface area contributed by atoms with Crippen LogP contribution in [-0.2, 0) is 13.1 Å².